The highest BCUT2D eigenvalue weighted by Crippen LogP contribution is 2.39. The predicted octanol–water partition coefficient (Wildman–Crippen LogP) is 1.24. The lowest BCUT2D eigenvalue weighted by Crippen LogP contribution is -2.57. The Balaban J connectivity index is 1.29. The lowest BCUT2D eigenvalue weighted by molar-refractivity contribution is -0.185. The molecule has 0 aromatic carbocycles. The van der Waals surface area contributed by atoms with Gasteiger partial charge in [-0.25, -0.2) is 13.4 Å². The Bertz CT molecular complexity index is 803. The van der Waals surface area contributed by atoms with Crippen molar-refractivity contribution in [2.75, 3.05) is 25.9 Å². The summed E-state index contributed by atoms with van der Waals surface area (Å²) in [7, 11) is -1.54. The molecule has 2 N–H and O–H groups in total. The summed E-state index contributed by atoms with van der Waals surface area (Å²) < 4.78 is 54.7. The fraction of sp³-hybridized carbons (Fsp3) is 0.688. The molecule has 150 valence electrons. The summed E-state index contributed by atoms with van der Waals surface area (Å²) in [6.07, 6.45) is 4.47. The van der Waals surface area contributed by atoms with Gasteiger partial charge in [-0.3, -0.25) is 5.32 Å². The Morgan fingerprint density at radius 2 is 2.15 bits per heavy atom. The molecule has 8 nitrogen and oxygen atoms in total. The number of aromatic nitrogens is 1. The van der Waals surface area contributed by atoms with E-state index in [4.69, 9.17) is 0 Å². The second-order valence-electron chi connectivity index (χ2n) is 7.27. The van der Waals surface area contributed by atoms with Crippen LogP contribution in [0.2, 0.25) is 0 Å². The van der Waals surface area contributed by atoms with E-state index in [0.29, 0.717) is 0 Å². The minimum atomic E-state index is -3.43. The first kappa shape index (κ1) is 18.8. The van der Waals surface area contributed by atoms with Gasteiger partial charge < -0.3 is 14.6 Å². The number of hydrogen-bond acceptors (Lipinski definition) is 6. The molecule has 3 heterocycles. The highest BCUT2D eigenvalue weighted by Gasteiger charge is 2.43. The first-order valence-corrected chi connectivity index (χ1v) is 10.6. The number of aromatic amines is 1. The van der Waals surface area contributed by atoms with E-state index in [9.17, 15) is 17.2 Å². The van der Waals surface area contributed by atoms with E-state index >= 15 is 0 Å². The summed E-state index contributed by atoms with van der Waals surface area (Å²) >= 11 is 0. The van der Waals surface area contributed by atoms with E-state index in [-0.39, 0.29) is 37.0 Å². The van der Waals surface area contributed by atoms with Crippen LogP contribution in [0.15, 0.2) is 17.3 Å². The number of alkyl halides is 2. The van der Waals surface area contributed by atoms with E-state index in [1.807, 2.05) is 19.3 Å². The molecule has 1 atom stereocenters. The van der Waals surface area contributed by atoms with Crippen molar-refractivity contribution in [1.82, 2.24) is 19.5 Å². The number of halogens is 2. The first-order chi connectivity index (χ1) is 12.9. The molecule has 4 rings (SSSR count). The number of rotatable bonds is 7. The van der Waals surface area contributed by atoms with Gasteiger partial charge in [-0.05, 0) is 31.9 Å². The average molecular weight is 403 g/mol. The van der Waals surface area contributed by atoms with Crippen LogP contribution < -0.4 is 5.32 Å². The Morgan fingerprint density at radius 1 is 1.41 bits per heavy atom. The van der Waals surface area contributed by atoms with Gasteiger partial charge in [0.15, 0.2) is 0 Å². The van der Waals surface area contributed by atoms with Gasteiger partial charge >= 0.3 is 6.61 Å². The molecular weight excluding hydrogens is 380 g/mol. The summed E-state index contributed by atoms with van der Waals surface area (Å²) in [4.78, 5) is 9.65. The Morgan fingerprint density at radius 3 is 2.81 bits per heavy atom. The van der Waals surface area contributed by atoms with Gasteiger partial charge in [0.2, 0.25) is 10.0 Å². The SMILES string of the molecule is CNC1c2cc[nH]c2N=CN1[C@H]1C[C@H](CS(=O)(=O)N2CC(OC(F)F)C2)C1. The minimum Gasteiger partial charge on any atom is -0.346 e. The largest absolute Gasteiger partial charge is 0.346 e. The molecule has 2 fully saturated rings. The number of nitrogens with zero attached hydrogens (tertiary/aromatic N) is 3. The maximum absolute atomic E-state index is 12.4. The molecular formula is C16H23F2N5O3S. The molecule has 0 spiro atoms. The third-order valence-electron chi connectivity index (χ3n) is 5.52. The van der Waals surface area contributed by atoms with Crippen LogP contribution in [0, 0.1) is 5.92 Å². The second-order valence-corrected chi connectivity index (χ2v) is 9.28. The van der Waals surface area contributed by atoms with Crippen molar-refractivity contribution < 1.29 is 21.9 Å². The van der Waals surface area contributed by atoms with Crippen molar-refractivity contribution in [2.24, 2.45) is 10.9 Å². The van der Waals surface area contributed by atoms with Crippen LogP contribution in [0.4, 0.5) is 14.6 Å². The van der Waals surface area contributed by atoms with Crippen LogP contribution in [0.25, 0.3) is 0 Å². The maximum Gasteiger partial charge on any atom is 0.345 e. The quantitative estimate of drug-likeness (QED) is 0.715. The third-order valence-corrected chi connectivity index (χ3v) is 7.50. The summed E-state index contributed by atoms with van der Waals surface area (Å²) in [5.41, 5.74) is 1.07. The topological polar surface area (TPSA) is 90.0 Å². The summed E-state index contributed by atoms with van der Waals surface area (Å²) in [5, 5.41) is 3.28. The smallest absolute Gasteiger partial charge is 0.345 e. The zero-order valence-electron chi connectivity index (χ0n) is 14.9. The highest BCUT2D eigenvalue weighted by atomic mass is 32.2. The standard InChI is InChI=1S/C16H23F2N5O3S/c1-19-15-13-2-3-20-14(13)21-9-23(15)11-4-10(5-11)8-27(24,25)22-6-12(7-22)26-16(17)18/h2-3,9-12,15-16,19-20H,4-8H2,1H3/t10-,11-,15?. The lowest BCUT2D eigenvalue weighted by atomic mass is 9.80. The van der Waals surface area contributed by atoms with E-state index in [1.165, 1.54) is 4.31 Å². The maximum atomic E-state index is 12.4. The number of hydrogen-bond donors (Lipinski definition) is 2. The molecule has 1 saturated carbocycles. The molecule has 1 aromatic heterocycles. The van der Waals surface area contributed by atoms with Crippen molar-refractivity contribution in [3.8, 4) is 0 Å². The summed E-state index contributed by atoms with van der Waals surface area (Å²) in [6.45, 7) is -2.83. The minimum absolute atomic E-state index is 0.00828. The monoisotopic (exact) mass is 403 g/mol. The number of fused-ring (bicyclic) bond motifs is 1. The van der Waals surface area contributed by atoms with Gasteiger partial charge in [-0.15, -0.1) is 0 Å². The van der Waals surface area contributed by atoms with Crippen molar-refractivity contribution in [1.29, 1.82) is 0 Å². The molecule has 1 saturated heterocycles. The van der Waals surface area contributed by atoms with Gasteiger partial charge in [0.05, 0.1) is 18.2 Å². The number of ether oxygens (including phenoxy) is 1. The third kappa shape index (κ3) is 3.60. The second kappa shape index (κ2) is 7.12. The molecule has 1 aromatic rings. The molecule has 0 amide bonds. The van der Waals surface area contributed by atoms with Crippen LogP contribution in [0.3, 0.4) is 0 Å². The van der Waals surface area contributed by atoms with Crippen LogP contribution in [0.5, 0.6) is 0 Å². The van der Waals surface area contributed by atoms with Crippen LogP contribution >= 0.6 is 0 Å². The number of nitrogens with one attached hydrogen (secondary N) is 2. The fourth-order valence-electron chi connectivity index (χ4n) is 4.01. The highest BCUT2D eigenvalue weighted by molar-refractivity contribution is 7.89. The van der Waals surface area contributed by atoms with Crippen molar-refractivity contribution in [3.05, 3.63) is 17.8 Å². The molecule has 11 heteroatoms. The van der Waals surface area contributed by atoms with Gasteiger partial charge in [0.25, 0.3) is 0 Å². The molecule has 0 radical (unpaired) electrons. The summed E-state index contributed by atoms with van der Waals surface area (Å²) in [6, 6.07) is 2.21. The average Bonchev–Trinajstić information content (AvgIpc) is 3.01. The van der Waals surface area contributed by atoms with Crippen LogP contribution in [0.1, 0.15) is 24.6 Å². The molecule has 27 heavy (non-hydrogen) atoms. The van der Waals surface area contributed by atoms with Crippen LogP contribution in [-0.2, 0) is 14.8 Å². The molecule has 0 bridgehead atoms. The predicted molar refractivity (Wildman–Crippen MR) is 95.3 cm³/mol. The van der Waals surface area contributed by atoms with Crippen LogP contribution in [-0.4, -0.2) is 73.6 Å². The van der Waals surface area contributed by atoms with Gasteiger partial charge in [-0.1, -0.05) is 0 Å². The van der Waals surface area contributed by atoms with Gasteiger partial charge in [0.1, 0.15) is 12.0 Å². The fourth-order valence-corrected chi connectivity index (χ4v) is 5.87. The van der Waals surface area contributed by atoms with E-state index in [2.05, 4.69) is 24.9 Å². The zero-order valence-corrected chi connectivity index (χ0v) is 15.7. The molecule has 1 aliphatic carbocycles. The van der Waals surface area contributed by atoms with Crippen molar-refractivity contribution in [3.63, 3.8) is 0 Å². The Labute approximate surface area is 156 Å². The first-order valence-electron chi connectivity index (χ1n) is 8.95. The molecule has 1 unspecified atom stereocenters. The Kier molecular flexibility index (Phi) is 4.95. The lowest BCUT2D eigenvalue weighted by Gasteiger charge is -2.47. The van der Waals surface area contributed by atoms with E-state index < -0.39 is 22.7 Å². The number of sulfonamides is 1. The van der Waals surface area contributed by atoms with Gasteiger partial charge in [-0.2, -0.15) is 13.1 Å². The number of aliphatic imine (C=N–C) groups is 1. The molecule has 3 aliphatic rings. The summed E-state index contributed by atoms with van der Waals surface area (Å²) in [5.74, 6) is 0.950. The van der Waals surface area contributed by atoms with E-state index in [1.54, 1.807) is 6.34 Å². The zero-order chi connectivity index (χ0) is 19.2. The normalized spacial score (nSPS) is 28.9. The van der Waals surface area contributed by atoms with Gasteiger partial charge in [0, 0.05) is 30.9 Å². The molecule has 2 aliphatic heterocycles. The van der Waals surface area contributed by atoms with Crippen molar-refractivity contribution >= 4 is 22.2 Å². The Hall–Kier alpha value is -1.56. The van der Waals surface area contributed by atoms with Crippen molar-refractivity contribution in [2.45, 2.75) is 37.8 Å². The van der Waals surface area contributed by atoms with E-state index in [0.717, 1.165) is 24.2 Å². The number of H-pyrrole nitrogens is 1.